The molecule has 0 fully saturated rings. The Labute approximate surface area is 122 Å². The van der Waals surface area contributed by atoms with Crippen LogP contribution in [-0.4, -0.2) is 33.9 Å². The second-order valence-electron chi connectivity index (χ2n) is 4.85. The van der Waals surface area contributed by atoms with Crippen LogP contribution in [0.25, 0.3) is 0 Å². The van der Waals surface area contributed by atoms with Gasteiger partial charge in [0.2, 0.25) is 5.82 Å². The molecular weight excluding hydrogens is 270 g/mol. The van der Waals surface area contributed by atoms with Crippen LogP contribution >= 0.6 is 0 Å². The number of fused-ring (bicyclic) bond motifs is 1. The van der Waals surface area contributed by atoms with Gasteiger partial charge in [-0.05, 0) is 19.9 Å². The molecule has 0 aliphatic carbocycles. The molecule has 110 valence electrons. The zero-order valence-electron chi connectivity index (χ0n) is 12.1. The molecule has 21 heavy (non-hydrogen) atoms. The van der Waals surface area contributed by atoms with Crippen LogP contribution in [-0.2, 0) is 4.74 Å². The topological polar surface area (TPSA) is 66.2 Å². The number of aryl methyl sites for hydroxylation is 1. The van der Waals surface area contributed by atoms with Crippen LogP contribution in [0, 0.1) is 6.92 Å². The van der Waals surface area contributed by atoms with Gasteiger partial charge >= 0.3 is 5.97 Å². The lowest BCUT2D eigenvalue weighted by molar-refractivity contribution is 0.0502. The summed E-state index contributed by atoms with van der Waals surface area (Å²) in [6.45, 7) is 4.53. The molecule has 3 rings (SSSR count). The summed E-state index contributed by atoms with van der Waals surface area (Å²) in [7, 11) is 0. The van der Waals surface area contributed by atoms with Gasteiger partial charge in [0.15, 0.2) is 0 Å². The van der Waals surface area contributed by atoms with E-state index in [1.165, 1.54) is 0 Å². The third kappa shape index (κ3) is 2.37. The highest BCUT2D eigenvalue weighted by atomic mass is 16.5. The minimum absolute atomic E-state index is 0.00986. The maximum Gasteiger partial charge on any atom is 0.376 e. The Hall–Kier alpha value is -2.37. The van der Waals surface area contributed by atoms with Gasteiger partial charge in [0.05, 0.1) is 19.3 Å². The zero-order chi connectivity index (χ0) is 14.8. The molecule has 2 aromatic rings. The normalized spacial score (nSPS) is 17.0. The summed E-state index contributed by atoms with van der Waals surface area (Å²) in [6.07, 6.45) is 0.766. The summed E-state index contributed by atoms with van der Waals surface area (Å²) in [6, 6.07) is 7.83. The molecule has 1 aromatic carbocycles. The smallest absolute Gasteiger partial charge is 0.376 e. The van der Waals surface area contributed by atoms with Crippen molar-refractivity contribution < 1.29 is 14.3 Å². The molecule has 2 heterocycles. The van der Waals surface area contributed by atoms with Crippen molar-refractivity contribution in [2.45, 2.75) is 26.3 Å². The Morgan fingerprint density at radius 3 is 3.05 bits per heavy atom. The molecule has 1 atom stereocenters. The summed E-state index contributed by atoms with van der Waals surface area (Å²) in [5.41, 5.74) is 1.04. The highest BCUT2D eigenvalue weighted by Gasteiger charge is 2.29. The fraction of sp³-hybridized carbons (Fsp3) is 0.400. The van der Waals surface area contributed by atoms with Crippen molar-refractivity contribution >= 4 is 5.97 Å². The number of carbonyl (C=O) groups excluding carboxylic acids is 1. The first-order chi connectivity index (χ1) is 10.2. The predicted molar refractivity (Wildman–Crippen MR) is 75.4 cm³/mol. The van der Waals surface area contributed by atoms with Crippen LogP contribution in [0.15, 0.2) is 24.3 Å². The predicted octanol–water partition coefficient (Wildman–Crippen LogP) is 2.14. The molecule has 6 heteroatoms. The lowest BCUT2D eigenvalue weighted by Crippen LogP contribution is -2.25. The van der Waals surface area contributed by atoms with E-state index in [4.69, 9.17) is 9.47 Å². The maximum absolute atomic E-state index is 12.1. The van der Waals surface area contributed by atoms with Gasteiger partial charge in [-0.15, -0.1) is 10.2 Å². The monoisotopic (exact) mass is 287 g/mol. The molecule has 1 aromatic heterocycles. The highest BCUT2D eigenvalue weighted by molar-refractivity contribution is 5.85. The quantitative estimate of drug-likeness (QED) is 0.809. The standard InChI is InChI=1S/C15H17N3O3/c1-3-20-15(19)14-17-16-10(2)18(14)12-8-9-21-13-7-5-4-6-11(12)13/h4-7,12H,3,8-9H2,1-2H3. The van der Waals surface area contributed by atoms with Crippen LogP contribution in [0.1, 0.15) is 41.4 Å². The Kier molecular flexibility index (Phi) is 3.60. The molecule has 0 bridgehead atoms. The van der Waals surface area contributed by atoms with Gasteiger partial charge in [-0.25, -0.2) is 4.79 Å². The first-order valence-corrected chi connectivity index (χ1v) is 7.02. The lowest BCUT2D eigenvalue weighted by atomic mass is 10.00. The van der Waals surface area contributed by atoms with Crippen molar-refractivity contribution in [1.82, 2.24) is 14.8 Å². The van der Waals surface area contributed by atoms with Gasteiger partial charge in [0.1, 0.15) is 11.6 Å². The van der Waals surface area contributed by atoms with Crippen molar-refractivity contribution in [2.24, 2.45) is 0 Å². The number of nitrogens with zero attached hydrogens (tertiary/aromatic N) is 3. The third-order valence-electron chi connectivity index (χ3n) is 3.56. The Morgan fingerprint density at radius 2 is 2.24 bits per heavy atom. The van der Waals surface area contributed by atoms with E-state index in [1.54, 1.807) is 6.92 Å². The molecular formula is C15H17N3O3. The van der Waals surface area contributed by atoms with Crippen LogP contribution in [0.3, 0.4) is 0 Å². The maximum atomic E-state index is 12.1. The number of aromatic nitrogens is 3. The average molecular weight is 287 g/mol. The molecule has 1 aliphatic heterocycles. The van der Waals surface area contributed by atoms with Gasteiger partial charge in [-0.2, -0.15) is 0 Å². The molecule has 0 saturated heterocycles. The van der Waals surface area contributed by atoms with E-state index in [-0.39, 0.29) is 11.9 Å². The highest BCUT2D eigenvalue weighted by Crippen LogP contribution is 2.35. The minimum atomic E-state index is -0.443. The largest absolute Gasteiger partial charge is 0.493 e. The second kappa shape index (κ2) is 5.55. The minimum Gasteiger partial charge on any atom is -0.493 e. The van der Waals surface area contributed by atoms with Crippen LogP contribution < -0.4 is 4.74 Å². The first-order valence-electron chi connectivity index (χ1n) is 7.02. The van der Waals surface area contributed by atoms with E-state index in [0.29, 0.717) is 19.0 Å². The number of para-hydroxylation sites is 1. The molecule has 0 N–H and O–H groups in total. The second-order valence-corrected chi connectivity index (χ2v) is 4.85. The number of hydrogen-bond donors (Lipinski definition) is 0. The van der Waals surface area contributed by atoms with Crippen molar-refractivity contribution in [2.75, 3.05) is 13.2 Å². The molecule has 0 spiro atoms. The number of ether oxygens (including phenoxy) is 2. The van der Waals surface area contributed by atoms with Gasteiger partial charge in [-0.1, -0.05) is 18.2 Å². The lowest BCUT2D eigenvalue weighted by Gasteiger charge is -2.28. The van der Waals surface area contributed by atoms with E-state index >= 15 is 0 Å². The van der Waals surface area contributed by atoms with E-state index in [9.17, 15) is 4.79 Å². The fourth-order valence-corrected chi connectivity index (χ4v) is 2.67. The molecule has 0 saturated carbocycles. The third-order valence-corrected chi connectivity index (χ3v) is 3.56. The van der Waals surface area contributed by atoms with Gasteiger partial charge in [0.25, 0.3) is 0 Å². The SMILES string of the molecule is CCOC(=O)c1nnc(C)n1C1CCOc2ccccc21. The Morgan fingerprint density at radius 1 is 1.43 bits per heavy atom. The van der Waals surface area contributed by atoms with Crippen molar-refractivity contribution in [1.29, 1.82) is 0 Å². The molecule has 1 aliphatic rings. The first kappa shape index (κ1) is 13.6. The number of esters is 1. The Balaban J connectivity index is 2.06. The van der Waals surface area contributed by atoms with Crippen LogP contribution in [0.5, 0.6) is 5.75 Å². The van der Waals surface area contributed by atoms with Gasteiger partial charge in [-0.3, -0.25) is 4.57 Å². The van der Waals surface area contributed by atoms with Gasteiger partial charge in [0, 0.05) is 12.0 Å². The summed E-state index contributed by atoms with van der Waals surface area (Å²) in [5, 5.41) is 8.02. The van der Waals surface area contributed by atoms with E-state index in [2.05, 4.69) is 10.2 Å². The zero-order valence-corrected chi connectivity index (χ0v) is 12.1. The summed E-state index contributed by atoms with van der Waals surface area (Å²) >= 11 is 0. The number of carbonyl (C=O) groups is 1. The van der Waals surface area contributed by atoms with E-state index in [0.717, 1.165) is 17.7 Å². The van der Waals surface area contributed by atoms with Crippen LogP contribution in [0.4, 0.5) is 0 Å². The Bertz CT molecular complexity index is 666. The molecule has 0 amide bonds. The molecule has 0 radical (unpaired) electrons. The van der Waals surface area contributed by atoms with Crippen molar-refractivity contribution in [3.05, 3.63) is 41.5 Å². The fourth-order valence-electron chi connectivity index (χ4n) is 2.67. The van der Waals surface area contributed by atoms with Gasteiger partial charge < -0.3 is 9.47 Å². The molecule has 1 unspecified atom stereocenters. The van der Waals surface area contributed by atoms with Crippen molar-refractivity contribution in [3.63, 3.8) is 0 Å². The summed E-state index contributed by atoms with van der Waals surface area (Å²) in [4.78, 5) is 12.1. The van der Waals surface area contributed by atoms with Crippen LogP contribution in [0.2, 0.25) is 0 Å². The number of hydrogen-bond acceptors (Lipinski definition) is 5. The molecule has 6 nitrogen and oxygen atoms in total. The summed E-state index contributed by atoms with van der Waals surface area (Å²) < 4.78 is 12.6. The summed E-state index contributed by atoms with van der Waals surface area (Å²) in [5.74, 6) is 1.34. The number of benzene rings is 1. The average Bonchev–Trinajstić information content (AvgIpc) is 2.88. The van der Waals surface area contributed by atoms with E-state index < -0.39 is 5.97 Å². The number of rotatable bonds is 3. The van der Waals surface area contributed by atoms with Crippen molar-refractivity contribution in [3.8, 4) is 5.75 Å². The van der Waals surface area contributed by atoms with E-state index in [1.807, 2.05) is 35.8 Å².